The molecule has 0 bridgehead atoms. The molecule has 1 aliphatic heterocycles. The van der Waals surface area contributed by atoms with E-state index in [1.165, 1.54) is 7.11 Å². The van der Waals surface area contributed by atoms with Gasteiger partial charge in [-0.2, -0.15) is 0 Å². The van der Waals surface area contributed by atoms with Crippen LogP contribution in [0.2, 0.25) is 0 Å². The molecule has 2 atom stereocenters. The van der Waals surface area contributed by atoms with Crippen LogP contribution in [0.1, 0.15) is 39.5 Å². The Bertz CT molecular complexity index is 1540. The number of amides is 1. The Hall–Kier alpha value is -4.54. The van der Waals surface area contributed by atoms with Crippen LogP contribution in [0.25, 0.3) is 11.3 Å². The van der Waals surface area contributed by atoms with Crippen LogP contribution in [0.3, 0.4) is 0 Å². The molecule has 0 saturated carbocycles. The number of carboxylic acids is 1. The largest absolute Gasteiger partial charge is 0.478 e. The van der Waals surface area contributed by atoms with Gasteiger partial charge >= 0.3 is 5.97 Å². The van der Waals surface area contributed by atoms with E-state index in [1.54, 1.807) is 36.5 Å². The van der Waals surface area contributed by atoms with Gasteiger partial charge in [-0.1, -0.05) is 24.3 Å². The quantitative estimate of drug-likeness (QED) is 0.261. The topological polar surface area (TPSA) is 117 Å². The smallest absolute Gasteiger partial charge is 0.336 e. The number of anilines is 2. The third-order valence-corrected chi connectivity index (χ3v) is 6.79. The molecular weight excluding hydrogens is 516 g/mol. The molecule has 5 rings (SSSR count). The molecular formula is C29H26N4O5S. The van der Waals surface area contributed by atoms with Crippen molar-refractivity contribution in [1.29, 1.82) is 0 Å². The van der Waals surface area contributed by atoms with Crippen LogP contribution >= 0.6 is 12.2 Å². The van der Waals surface area contributed by atoms with Gasteiger partial charge in [-0.25, -0.2) is 4.79 Å². The second kappa shape index (κ2) is 11.1. The van der Waals surface area contributed by atoms with E-state index < -0.39 is 12.0 Å². The summed E-state index contributed by atoms with van der Waals surface area (Å²) in [6, 6.07) is 20.9. The van der Waals surface area contributed by atoms with Crippen molar-refractivity contribution in [3.8, 4) is 11.3 Å². The molecule has 9 nitrogen and oxygen atoms in total. The molecule has 0 radical (unpaired) electrons. The summed E-state index contributed by atoms with van der Waals surface area (Å²) in [5, 5.41) is 16.4. The maximum atomic E-state index is 12.0. The number of carbonyl (C=O) groups is 2. The molecule has 0 aliphatic carbocycles. The van der Waals surface area contributed by atoms with Crippen LogP contribution < -0.4 is 15.5 Å². The van der Waals surface area contributed by atoms with Gasteiger partial charge in [-0.15, -0.1) is 0 Å². The van der Waals surface area contributed by atoms with Gasteiger partial charge in [-0.3, -0.25) is 9.78 Å². The highest BCUT2D eigenvalue weighted by Crippen LogP contribution is 2.43. The number of pyridine rings is 1. The lowest BCUT2D eigenvalue weighted by atomic mass is 10.0. The van der Waals surface area contributed by atoms with Crippen molar-refractivity contribution in [1.82, 2.24) is 10.3 Å². The van der Waals surface area contributed by atoms with Gasteiger partial charge in [0.15, 0.2) is 5.11 Å². The fourth-order valence-corrected chi connectivity index (χ4v) is 5.06. The highest BCUT2D eigenvalue weighted by Gasteiger charge is 2.42. The Kier molecular flexibility index (Phi) is 7.40. The average molecular weight is 543 g/mol. The number of aromatic nitrogens is 1. The number of hydrogen-bond acceptors (Lipinski definition) is 6. The van der Waals surface area contributed by atoms with Gasteiger partial charge < -0.3 is 29.8 Å². The minimum atomic E-state index is -1.03. The van der Waals surface area contributed by atoms with E-state index in [0.29, 0.717) is 27.9 Å². The number of aryl methyl sites for hydroxylation is 1. The van der Waals surface area contributed by atoms with Crippen molar-refractivity contribution >= 4 is 40.6 Å². The van der Waals surface area contributed by atoms with E-state index >= 15 is 0 Å². The van der Waals surface area contributed by atoms with E-state index in [9.17, 15) is 14.7 Å². The second-order valence-corrected chi connectivity index (χ2v) is 9.42. The Morgan fingerprint density at radius 3 is 2.64 bits per heavy atom. The van der Waals surface area contributed by atoms with E-state index in [2.05, 4.69) is 15.6 Å². The number of carbonyl (C=O) groups excluding carboxylic acids is 1. The summed E-state index contributed by atoms with van der Waals surface area (Å²) in [4.78, 5) is 30.4. The maximum absolute atomic E-state index is 12.0. The van der Waals surface area contributed by atoms with Crippen LogP contribution in [0.5, 0.6) is 0 Å². The third kappa shape index (κ3) is 5.25. The molecule has 1 fully saturated rings. The number of aromatic carboxylic acids is 1. The van der Waals surface area contributed by atoms with Crippen molar-refractivity contribution in [2.45, 2.75) is 19.0 Å². The van der Waals surface area contributed by atoms with Crippen molar-refractivity contribution in [3.05, 3.63) is 102 Å². The molecule has 3 heterocycles. The molecule has 1 saturated heterocycles. The van der Waals surface area contributed by atoms with Crippen molar-refractivity contribution in [2.24, 2.45) is 0 Å². The number of carboxylic acid groups (broad SMARTS) is 1. The second-order valence-electron chi connectivity index (χ2n) is 9.03. The van der Waals surface area contributed by atoms with Crippen LogP contribution in [0, 0.1) is 6.92 Å². The van der Waals surface area contributed by atoms with E-state index in [-0.39, 0.29) is 24.1 Å². The first-order valence-electron chi connectivity index (χ1n) is 12.2. The van der Waals surface area contributed by atoms with E-state index in [4.69, 9.17) is 21.4 Å². The van der Waals surface area contributed by atoms with E-state index in [0.717, 1.165) is 16.9 Å². The Labute approximate surface area is 230 Å². The number of furan rings is 1. The average Bonchev–Trinajstić information content (AvgIpc) is 3.55. The molecule has 4 aromatic rings. The lowest BCUT2D eigenvalue weighted by Crippen LogP contribution is -2.29. The number of rotatable bonds is 8. The van der Waals surface area contributed by atoms with Crippen LogP contribution in [-0.4, -0.2) is 40.8 Å². The highest BCUT2D eigenvalue weighted by molar-refractivity contribution is 7.80. The van der Waals surface area contributed by atoms with Crippen LogP contribution in [-0.2, 0) is 9.53 Å². The SMILES string of the molecule is COCC(=O)Nc1ccc(N2C(=S)NC(c3ccccn3)C2c2ccc(-c3ccccc3C(=O)O)o2)cc1C. The monoisotopic (exact) mass is 542 g/mol. The first kappa shape index (κ1) is 26.1. The zero-order valence-corrected chi connectivity index (χ0v) is 22.1. The van der Waals surface area contributed by atoms with Gasteiger partial charge in [-0.05, 0) is 73.2 Å². The van der Waals surface area contributed by atoms with Crippen molar-refractivity contribution in [3.63, 3.8) is 0 Å². The molecule has 10 heteroatoms. The summed E-state index contributed by atoms with van der Waals surface area (Å²) < 4.78 is 11.2. The van der Waals surface area contributed by atoms with Gasteiger partial charge in [0.2, 0.25) is 5.91 Å². The van der Waals surface area contributed by atoms with Crippen molar-refractivity contribution in [2.75, 3.05) is 23.9 Å². The van der Waals surface area contributed by atoms with E-state index in [1.807, 2.05) is 54.3 Å². The number of nitrogens with zero attached hydrogens (tertiary/aromatic N) is 2. The maximum Gasteiger partial charge on any atom is 0.336 e. The fourth-order valence-electron chi connectivity index (χ4n) is 4.72. The molecule has 198 valence electrons. The summed E-state index contributed by atoms with van der Waals surface area (Å²) in [7, 11) is 1.47. The number of ether oxygens (including phenoxy) is 1. The van der Waals surface area contributed by atoms with Gasteiger partial charge in [0.05, 0.1) is 17.3 Å². The van der Waals surface area contributed by atoms with Gasteiger partial charge in [0, 0.05) is 30.2 Å². The summed E-state index contributed by atoms with van der Waals surface area (Å²) in [6.07, 6.45) is 1.72. The Balaban J connectivity index is 1.56. The summed E-state index contributed by atoms with van der Waals surface area (Å²) in [5.41, 5.74) is 3.71. The number of thiocarbonyl (C=S) groups is 1. The minimum absolute atomic E-state index is 0.0407. The number of nitrogens with one attached hydrogen (secondary N) is 2. The lowest BCUT2D eigenvalue weighted by Gasteiger charge is -2.27. The van der Waals surface area contributed by atoms with Gasteiger partial charge in [0.25, 0.3) is 0 Å². The van der Waals surface area contributed by atoms with Crippen LogP contribution in [0.15, 0.2) is 83.4 Å². The first-order valence-corrected chi connectivity index (χ1v) is 12.6. The normalized spacial score (nSPS) is 16.7. The molecule has 2 aromatic carbocycles. The first-order chi connectivity index (χ1) is 18.9. The predicted molar refractivity (Wildman–Crippen MR) is 151 cm³/mol. The number of benzene rings is 2. The molecule has 2 aromatic heterocycles. The lowest BCUT2D eigenvalue weighted by molar-refractivity contribution is -0.119. The Morgan fingerprint density at radius 2 is 1.92 bits per heavy atom. The zero-order valence-electron chi connectivity index (χ0n) is 21.3. The number of methoxy groups -OCH3 is 1. The van der Waals surface area contributed by atoms with Crippen molar-refractivity contribution < 1.29 is 23.8 Å². The molecule has 2 unspecified atom stereocenters. The molecule has 0 spiro atoms. The van der Waals surface area contributed by atoms with Gasteiger partial charge in [0.1, 0.15) is 24.2 Å². The minimum Gasteiger partial charge on any atom is -0.478 e. The molecule has 1 aliphatic rings. The highest BCUT2D eigenvalue weighted by atomic mass is 32.1. The summed E-state index contributed by atoms with van der Waals surface area (Å²) >= 11 is 5.79. The third-order valence-electron chi connectivity index (χ3n) is 6.48. The zero-order chi connectivity index (χ0) is 27.5. The molecule has 1 amide bonds. The summed E-state index contributed by atoms with van der Waals surface area (Å²) in [5.74, 6) is -0.255. The standard InChI is InChI=1S/C29H26N4O5S/c1-17-15-18(10-11-21(17)31-25(34)16-37-2)33-27(26(32-29(33)39)22-9-5-6-14-30-22)24-13-12-23(38-24)19-7-3-4-8-20(19)28(35)36/h3-15,26-27H,16H2,1-2H3,(H,31,34)(H,32,39)(H,35,36). The predicted octanol–water partition coefficient (Wildman–Crippen LogP) is 5.11. The molecule has 39 heavy (non-hydrogen) atoms. The van der Waals surface area contributed by atoms with Crippen LogP contribution in [0.4, 0.5) is 11.4 Å². The fraction of sp³-hybridized carbons (Fsp3) is 0.172. The number of hydrogen-bond donors (Lipinski definition) is 3. The Morgan fingerprint density at radius 1 is 1.13 bits per heavy atom. The summed E-state index contributed by atoms with van der Waals surface area (Å²) in [6.45, 7) is 1.86. The molecule has 3 N–H and O–H groups in total.